The van der Waals surface area contributed by atoms with E-state index in [0.29, 0.717) is 0 Å². The van der Waals surface area contributed by atoms with E-state index < -0.39 is 0 Å². The number of benzene rings is 1. The van der Waals surface area contributed by atoms with Gasteiger partial charge in [-0.1, -0.05) is 45.0 Å². The Morgan fingerprint density at radius 1 is 1.11 bits per heavy atom. The van der Waals surface area contributed by atoms with Crippen LogP contribution in [0.5, 0.6) is 0 Å². The van der Waals surface area contributed by atoms with Crippen LogP contribution in [0.15, 0.2) is 24.3 Å². The van der Waals surface area contributed by atoms with Crippen LogP contribution in [0.1, 0.15) is 31.9 Å². The van der Waals surface area contributed by atoms with Crippen molar-refractivity contribution in [3.05, 3.63) is 35.4 Å². The molecule has 19 heavy (non-hydrogen) atoms. The number of hydroxylamine groups is 3. The van der Waals surface area contributed by atoms with Gasteiger partial charge in [0.1, 0.15) is 19.6 Å². The Morgan fingerprint density at radius 2 is 1.63 bits per heavy atom. The Balaban J connectivity index is 2.03. The largest absolute Gasteiger partial charge is 0.295 e. The lowest BCUT2D eigenvalue weighted by molar-refractivity contribution is -1.11. The third-order valence-corrected chi connectivity index (χ3v) is 4.09. The first-order chi connectivity index (χ1) is 8.78. The third kappa shape index (κ3) is 3.78. The molecule has 106 valence electrons. The zero-order valence-corrected chi connectivity index (χ0v) is 12.7. The van der Waals surface area contributed by atoms with Crippen molar-refractivity contribution >= 4 is 0 Å². The van der Waals surface area contributed by atoms with Crippen molar-refractivity contribution in [2.45, 2.75) is 32.7 Å². The molecular formula is C16H27N2O+. The summed E-state index contributed by atoms with van der Waals surface area (Å²) < 4.78 is 0.180. The maximum atomic E-state index is 10.6. The van der Waals surface area contributed by atoms with Gasteiger partial charge in [-0.05, 0) is 18.0 Å². The monoisotopic (exact) mass is 263 g/mol. The van der Waals surface area contributed by atoms with Crippen LogP contribution in [-0.4, -0.2) is 48.0 Å². The summed E-state index contributed by atoms with van der Waals surface area (Å²) in [5.74, 6) is 0. The van der Waals surface area contributed by atoms with Crippen LogP contribution in [0.2, 0.25) is 0 Å². The Labute approximate surface area is 117 Å². The summed E-state index contributed by atoms with van der Waals surface area (Å²) in [5.41, 5.74) is 2.76. The van der Waals surface area contributed by atoms with E-state index in [1.807, 2.05) is 0 Å². The van der Waals surface area contributed by atoms with Crippen LogP contribution in [0.3, 0.4) is 0 Å². The maximum Gasteiger partial charge on any atom is 0.134 e. The highest BCUT2D eigenvalue weighted by atomic mass is 16.5. The number of quaternary nitrogens is 1. The van der Waals surface area contributed by atoms with Crippen LogP contribution in [0.25, 0.3) is 0 Å². The SMILES string of the molecule is CN1CC[N+](O)(Cc2ccc(C(C)(C)C)cc2)CC1. The summed E-state index contributed by atoms with van der Waals surface area (Å²) >= 11 is 0. The van der Waals surface area contributed by atoms with Crippen molar-refractivity contribution in [3.63, 3.8) is 0 Å². The highest BCUT2D eigenvalue weighted by Crippen LogP contribution is 2.23. The molecule has 0 atom stereocenters. The quantitative estimate of drug-likeness (QED) is 0.829. The molecule has 2 rings (SSSR count). The van der Waals surface area contributed by atoms with Crippen molar-refractivity contribution in [3.8, 4) is 0 Å². The predicted molar refractivity (Wildman–Crippen MR) is 78.1 cm³/mol. The van der Waals surface area contributed by atoms with Crippen LogP contribution >= 0.6 is 0 Å². The minimum atomic E-state index is 0.180. The van der Waals surface area contributed by atoms with Gasteiger partial charge in [0, 0.05) is 5.56 Å². The molecule has 0 unspecified atom stereocenters. The summed E-state index contributed by atoms with van der Waals surface area (Å²) in [6, 6.07) is 8.71. The van der Waals surface area contributed by atoms with Gasteiger partial charge in [-0.3, -0.25) is 4.90 Å². The fraction of sp³-hybridized carbons (Fsp3) is 0.625. The van der Waals surface area contributed by atoms with Crippen molar-refractivity contribution in [2.24, 2.45) is 0 Å². The first-order valence-corrected chi connectivity index (χ1v) is 7.15. The van der Waals surface area contributed by atoms with E-state index in [1.165, 1.54) is 11.1 Å². The van der Waals surface area contributed by atoms with Gasteiger partial charge in [-0.25, -0.2) is 5.21 Å². The molecule has 3 heteroatoms. The number of rotatable bonds is 2. The molecule has 0 saturated carbocycles. The number of piperazine rings is 1. The minimum Gasteiger partial charge on any atom is -0.295 e. The van der Waals surface area contributed by atoms with Crippen LogP contribution in [0, 0.1) is 0 Å². The van der Waals surface area contributed by atoms with E-state index in [-0.39, 0.29) is 10.1 Å². The maximum absolute atomic E-state index is 10.6. The van der Waals surface area contributed by atoms with Gasteiger partial charge in [-0.15, -0.1) is 0 Å². The molecule has 1 aromatic rings. The number of likely N-dealkylation sites (N-methyl/N-ethyl adjacent to an activating group) is 1. The van der Waals surface area contributed by atoms with Crippen molar-refractivity contribution in [1.29, 1.82) is 0 Å². The average Bonchev–Trinajstić information content (AvgIpc) is 2.33. The molecule has 0 aliphatic carbocycles. The number of hydrogen-bond acceptors (Lipinski definition) is 2. The molecule has 0 radical (unpaired) electrons. The molecule has 3 nitrogen and oxygen atoms in total. The van der Waals surface area contributed by atoms with Gasteiger partial charge < -0.3 is 0 Å². The third-order valence-electron chi connectivity index (χ3n) is 4.09. The Bertz CT molecular complexity index is 411. The van der Waals surface area contributed by atoms with Gasteiger partial charge in [0.2, 0.25) is 0 Å². The average molecular weight is 263 g/mol. The standard InChI is InChI=1S/C16H27N2O/c1-16(2,3)15-7-5-14(6-8-15)13-18(19)11-9-17(4)10-12-18/h5-8,19H,9-13H2,1-4H3/q+1. The van der Waals surface area contributed by atoms with Gasteiger partial charge >= 0.3 is 0 Å². The van der Waals surface area contributed by atoms with E-state index in [4.69, 9.17) is 0 Å². The summed E-state index contributed by atoms with van der Waals surface area (Å²) in [6.07, 6.45) is 0. The van der Waals surface area contributed by atoms with E-state index in [0.717, 1.165) is 32.7 Å². The van der Waals surface area contributed by atoms with Crippen LogP contribution < -0.4 is 0 Å². The van der Waals surface area contributed by atoms with Crippen LogP contribution in [0.4, 0.5) is 0 Å². The molecule has 0 bridgehead atoms. The summed E-state index contributed by atoms with van der Waals surface area (Å²) in [5, 5.41) is 10.6. The zero-order valence-electron chi connectivity index (χ0n) is 12.7. The van der Waals surface area contributed by atoms with Gasteiger partial charge in [0.05, 0.1) is 13.1 Å². The first-order valence-electron chi connectivity index (χ1n) is 7.15. The topological polar surface area (TPSA) is 23.5 Å². The molecule has 1 heterocycles. The fourth-order valence-corrected chi connectivity index (χ4v) is 2.55. The Morgan fingerprint density at radius 3 is 2.11 bits per heavy atom. The molecule has 1 N–H and O–H groups in total. The van der Waals surface area contributed by atoms with E-state index >= 15 is 0 Å². The van der Waals surface area contributed by atoms with E-state index in [2.05, 4.69) is 57.0 Å². The molecule has 1 fully saturated rings. The second-order valence-electron chi connectivity index (χ2n) is 6.95. The molecule has 0 aromatic heterocycles. The lowest BCUT2D eigenvalue weighted by Crippen LogP contribution is -2.56. The van der Waals surface area contributed by atoms with E-state index in [1.54, 1.807) is 0 Å². The lowest BCUT2D eigenvalue weighted by Gasteiger charge is -2.37. The summed E-state index contributed by atoms with van der Waals surface area (Å²) in [4.78, 5) is 2.27. The Hall–Kier alpha value is -0.900. The highest BCUT2D eigenvalue weighted by molar-refractivity contribution is 5.27. The molecule has 1 aromatic carbocycles. The molecule has 1 saturated heterocycles. The molecule has 1 aliphatic rings. The molecular weight excluding hydrogens is 236 g/mol. The fourth-order valence-electron chi connectivity index (χ4n) is 2.55. The second kappa shape index (κ2) is 5.23. The van der Waals surface area contributed by atoms with Gasteiger partial charge in [0.15, 0.2) is 0 Å². The zero-order chi connectivity index (χ0) is 14.1. The van der Waals surface area contributed by atoms with Crippen molar-refractivity contribution in [2.75, 3.05) is 33.2 Å². The minimum absolute atomic E-state index is 0.180. The normalized spacial score (nSPS) is 20.5. The summed E-state index contributed by atoms with van der Waals surface area (Å²) in [7, 11) is 2.11. The van der Waals surface area contributed by atoms with Gasteiger partial charge in [0.25, 0.3) is 0 Å². The second-order valence-corrected chi connectivity index (χ2v) is 6.95. The van der Waals surface area contributed by atoms with Crippen molar-refractivity contribution < 1.29 is 9.85 Å². The smallest absolute Gasteiger partial charge is 0.134 e. The van der Waals surface area contributed by atoms with Crippen molar-refractivity contribution in [1.82, 2.24) is 4.90 Å². The van der Waals surface area contributed by atoms with Gasteiger partial charge in [-0.2, -0.15) is 4.65 Å². The molecule has 0 amide bonds. The summed E-state index contributed by atoms with van der Waals surface area (Å²) in [6.45, 7) is 11.0. The highest BCUT2D eigenvalue weighted by Gasteiger charge is 2.30. The number of nitrogens with zero attached hydrogens (tertiary/aromatic N) is 2. The Kier molecular flexibility index (Phi) is 4.00. The lowest BCUT2D eigenvalue weighted by atomic mass is 9.87. The molecule has 0 spiro atoms. The molecule has 1 aliphatic heterocycles. The van der Waals surface area contributed by atoms with E-state index in [9.17, 15) is 5.21 Å². The number of hydrogen-bond donors (Lipinski definition) is 1. The first kappa shape index (κ1) is 14.5. The van der Waals surface area contributed by atoms with Crippen LogP contribution in [-0.2, 0) is 12.0 Å². The predicted octanol–water partition coefficient (Wildman–Crippen LogP) is 2.64.